The summed E-state index contributed by atoms with van der Waals surface area (Å²) in [7, 11) is -2.97. The number of fused-ring (bicyclic) bond motifs is 1. The first-order valence-electron chi connectivity index (χ1n) is 9.28. The molecule has 0 radical (unpaired) electrons. The molecule has 2 N–H and O–H groups in total. The average Bonchev–Trinajstić information content (AvgIpc) is 3.16. The highest BCUT2D eigenvalue weighted by atomic mass is 32.2. The van der Waals surface area contributed by atoms with Crippen LogP contribution in [0.5, 0.6) is 5.75 Å². The number of hydrogen-bond donors (Lipinski definition) is 2. The topological polar surface area (TPSA) is 96.9 Å². The number of amidine groups is 1. The number of aliphatic imine (C=N–C) groups is 1. The molecule has 9 heteroatoms. The molecule has 1 fully saturated rings. The van der Waals surface area contributed by atoms with Gasteiger partial charge >= 0.3 is 0 Å². The van der Waals surface area contributed by atoms with Crippen LogP contribution in [0.4, 0.5) is 11.4 Å². The summed E-state index contributed by atoms with van der Waals surface area (Å²) >= 11 is 1.45. The predicted octanol–water partition coefficient (Wildman–Crippen LogP) is 3.02. The van der Waals surface area contributed by atoms with E-state index in [9.17, 15) is 13.2 Å². The Hall–Kier alpha value is -2.52. The van der Waals surface area contributed by atoms with Crippen LogP contribution in [-0.2, 0) is 9.84 Å². The van der Waals surface area contributed by atoms with Gasteiger partial charge in [0.05, 0.1) is 24.2 Å². The SMILES string of the molecule is CCOc1ccc(NC(=O)c2cccc(NC3=N[C@H]4CS(=O)(=O)C[C@H]4S3)c2)cc1. The summed E-state index contributed by atoms with van der Waals surface area (Å²) in [6, 6.07) is 14.1. The molecule has 7 nitrogen and oxygen atoms in total. The predicted molar refractivity (Wildman–Crippen MR) is 117 cm³/mol. The van der Waals surface area contributed by atoms with Crippen LogP contribution in [0, 0.1) is 0 Å². The van der Waals surface area contributed by atoms with E-state index >= 15 is 0 Å². The summed E-state index contributed by atoms with van der Waals surface area (Å²) in [6.45, 7) is 2.51. The molecule has 0 unspecified atom stereocenters. The first-order chi connectivity index (χ1) is 13.9. The van der Waals surface area contributed by atoms with E-state index in [0.717, 1.165) is 11.4 Å². The summed E-state index contributed by atoms with van der Waals surface area (Å²) in [5, 5.41) is 6.74. The molecule has 2 atom stereocenters. The van der Waals surface area contributed by atoms with Crippen LogP contribution in [0.2, 0.25) is 0 Å². The summed E-state index contributed by atoms with van der Waals surface area (Å²) < 4.78 is 28.8. The maximum Gasteiger partial charge on any atom is 0.255 e. The summed E-state index contributed by atoms with van der Waals surface area (Å²) in [5.41, 5.74) is 1.93. The van der Waals surface area contributed by atoms with E-state index < -0.39 is 9.84 Å². The molecule has 0 aliphatic carbocycles. The monoisotopic (exact) mass is 431 g/mol. The maximum atomic E-state index is 12.6. The second kappa shape index (κ2) is 8.08. The fourth-order valence-corrected chi connectivity index (χ4v) is 6.96. The normalized spacial score (nSPS) is 21.9. The van der Waals surface area contributed by atoms with E-state index in [-0.39, 0.29) is 28.7 Å². The highest BCUT2D eigenvalue weighted by Gasteiger charge is 2.42. The van der Waals surface area contributed by atoms with Crippen LogP contribution in [-0.4, -0.2) is 48.9 Å². The number of anilines is 2. The second-order valence-corrected chi connectivity index (χ2v) is 10.2. The molecule has 0 saturated carbocycles. The largest absolute Gasteiger partial charge is 0.494 e. The Morgan fingerprint density at radius 2 is 1.97 bits per heavy atom. The molecule has 2 aliphatic rings. The molecule has 29 heavy (non-hydrogen) atoms. The van der Waals surface area contributed by atoms with Gasteiger partial charge in [0, 0.05) is 22.2 Å². The van der Waals surface area contributed by atoms with Gasteiger partial charge in [0.25, 0.3) is 5.91 Å². The van der Waals surface area contributed by atoms with E-state index in [2.05, 4.69) is 15.6 Å². The fraction of sp³-hybridized carbons (Fsp3) is 0.300. The smallest absolute Gasteiger partial charge is 0.255 e. The quantitative estimate of drug-likeness (QED) is 0.755. The minimum Gasteiger partial charge on any atom is -0.494 e. The van der Waals surface area contributed by atoms with Gasteiger partial charge in [0.15, 0.2) is 15.0 Å². The Kier molecular flexibility index (Phi) is 5.51. The fourth-order valence-electron chi connectivity index (χ4n) is 3.28. The third-order valence-electron chi connectivity index (χ3n) is 4.62. The van der Waals surface area contributed by atoms with E-state index in [0.29, 0.717) is 23.0 Å². The van der Waals surface area contributed by atoms with E-state index in [1.165, 1.54) is 11.8 Å². The molecule has 2 aromatic carbocycles. The lowest BCUT2D eigenvalue weighted by molar-refractivity contribution is 0.102. The average molecular weight is 432 g/mol. The van der Waals surface area contributed by atoms with Crippen molar-refractivity contribution in [1.29, 1.82) is 0 Å². The number of ether oxygens (including phenoxy) is 1. The van der Waals surface area contributed by atoms with Gasteiger partial charge in [0.2, 0.25) is 0 Å². The van der Waals surface area contributed by atoms with Crippen LogP contribution in [0.1, 0.15) is 17.3 Å². The van der Waals surface area contributed by atoms with Crippen molar-refractivity contribution in [3.63, 3.8) is 0 Å². The number of nitrogens with zero attached hydrogens (tertiary/aromatic N) is 1. The highest BCUT2D eigenvalue weighted by molar-refractivity contribution is 8.15. The second-order valence-electron chi connectivity index (χ2n) is 6.85. The van der Waals surface area contributed by atoms with Crippen molar-refractivity contribution in [2.24, 2.45) is 4.99 Å². The Balaban J connectivity index is 1.40. The van der Waals surface area contributed by atoms with Gasteiger partial charge in [-0.15, -0.1) is 0 Å². The molecule has 2 aliphatic heterocycles. The van der Waals surface area contributed by atoms with Gasteiger partial charge in [0.1, 0.15) is 5.75 Å². The first kappa shape index (κ1) is 19.8. The van der Waals surface area contributed by atoms with Crippen LogP contribution in [0.15, 0.2) is 53.5 Å². The lowest BCUT2D eigenvalue weighted by Gasteiger charge is -2.10. The summed E-state index contributed by atoms with van der Waals surface area (Å²) in [4.78, 5) is 17.1. The lowest BCUT2D eigenvalue weighted by atomic mass is 10.2. The standard InChI is InChI=1S/C20H21N3O4S2/c1-2-27-16-8-6-14(7-9-16)21-19(24)13-4-3-5-15(10-13)22-20-23-17-11-29(25,26)12-18(17)28-20/h3-10,17-18H,2,11-12H2,1H3,(H,21,24)(H,22,23)/t17-,18+/m0/s1. The molecule has 2 heterocycles. The molecule has 2 aromatic rings. The molecule has 0 spiro atoms. The molecule has 152 valence electrons. The van der Waals surface area contributed by atoms with Crippen molar-refractivity contribution in [3.8, 4) is 5.75 Å². The summed E-state index contributed by atoms with van der Waals surface area (Å²) in [5.74, 6) is 0.813. The van der Waals surface area contributed by atoms with Crippen LogP contribution in [0.25, 0.3) is 0 Å². The molecule has 1 amide bonds. The number of carbonyl (C=O) groups excluding carboxylic acids is 1. The first-order valence-corrected chi connectivity index (χ1v) is 12.0. The Bertz CT molecular complexity index is 1050. The third kappa shape index (κ3) is 4.73. The van der Waals surface area contributed by atoms with E-state index in [4.69, 9.17) is 4.74 Å². The maximum absolute atomic E-state index is 12.6. The van der Waals surface area contributed by atoms with Crippen molar-refractivity contribution in [1.82, 2.24) is 0 Å². The van der Waals surface area contributed by atoms with Crippen LogP contribution >= 0.6 is 11.8 Å². The number of thioether (sulfide) groups is 1. The van der Waals surface area contributed by atoms with Gasteiger partial charge in [-0.25, -0.2) is 8.42 Å². The Labute approximate surface area is 173 Å². The zero-order valence-electron chi connectivity index (χ0n) is 15.8. The van der Waals surface area contributed by atoms with Crippen LogP contribution in [0.3, 0.4) is 0 Å². The highest BCUT2D eigenvalue weighted by Crippen LogP contribution is 2.34. The Morgan fingerprint density at radius 1 is 1.17 bits per heavy atom. The number of amides is 1. The summed E-state index contributed by atoms with van der Waals surface area (Å²) in [6.07, 6.45) is 0. The number of sulfone groups is 1. The van der Waals surface area contributed by atoms with Gasteiger partial charge in [-0.05, 0) is 49.4 Å². The van der Waals surface area contributed by atoms with Gasteiger partial charge in [-0.1, -0.05) is 17.8 Å². The number of carbonyl (C=O) groups is 1. The molecule has 1 saturated heterocycles. The van der Waals surface area contributed by atoms with Crippen molar-refractivity contribution in [2.45, 2.75) is 18.2 Å². The molecule has 0 aromatic heterocycles. The minimum atomic E-state index is -2.97. The van der Waals surface area contributed by atoms with Crippen LogP contribution < -0.4 is 15.4 Å². The van der Waals surface area contributed by atoms with Crippen molar-refractivity contribution in [3.05, 3.63) is 54.1 Å². The van der Waals surface area contributed by atoms with Crippen molar-refractivity contribution >= 4 is 44.0 Å². The van der Waals surface area contributed by atoms with Crippen molar-refractivity contribution < 1.29 is 17.9 Å². The number of benzene rings is 2. The van der Waals surface area contributed by atoms with Gasteiger partial charge in [-0.3, -0.25) is 9.79 Å². The molecular weight excluding hydrogens is 410 g/mol. The van der Waals surface area contributed by atoms with Gasteiger partial charge in [-0.2, -0.15) is 0 Å². The zero-order chi connectivity index (χ0) is 20.4. The third-order valence-corrected chi connectivity index (χ3v) is 7.76. The van der Waals surface area contributed by atoms with E-state index in [1.54, 1.807) is 30.3 Å². The Morgan fingerprint density at radius 3 is 2.69 bits per heavy atom. The minimum absolute atomic E-state index is 0.0198. The number of rotatable bonds is 5. The molecule has 0 bridgehead atoms. The van der Waals surface area contributed by atoms with Gasteiger partial charge < -0.3 is 15.4 Å². The lowest BCUT2D eigenvalue weighted by Crippen LogP contribution is -2.14. The van der Waals surface area contributed by atoms with Crippen molar-refractivity contribution in [2.75, 3.05) is 28.7 Å². The number of nitrogens with one attached hydrogen (secondary N) is 2. The molecule has 4 rings (SSSR count). The zero-order valence-corrected chi connectivity index (χ0v) is 17.4. The molecular formula is C20H21N3O4S2. The van der Waals surface area contributed by atoms with E-state index in [1.807, 2.05) is 25.1 Å². The number of hydrogen-bond acceptors (Lipinski definition) is 7.